The minimum atomic E-state index is -0.917. The Kier molecular flexibility index (Phi) is 11.3. The van der Waals surface area contributed by atoms with Gasteiger partial charge in [-0.1, -0.05) is 12.1 Å². The van der Waals surface area contributed by atoms with E-state index in [1.807, 2.05) is 43.0 Å². The summed E-state index contributed by atoms with van der Waals surface area (Å²) < 4.78 is 16.3. The molecule has 0 spiro atoms. The van der Waals surface area contributed by atoms with Gasteiger partial charge in [0.25, 0.3) is 5.89 Å². The zero-order chi connectivity index (χ0) is 34.2. The van der Waals surface area contributed by atoms with Gasteiger partial charge in [0.15, 0.2) is 0 Å². The molecule has 1 aromatic carbocycles. The van der Waals surface area contributed by atoms with E-state index in [-0.39, 0.29) is 12.0 Å². The smallest absolute Gasteiger partial charge is 0.335 e. The zero-order valence-electron chi connectivity index (χ0n) is 27.9. The maximum Gasteiger partial charge on any atom is 0.335 e. The molecule has 2 aliphatic heterocycles. The van der Waals surface area contributed by atoms with Gasteiger partial charge in [-0.05, 0) is 86.7 Å². The molecule has 0 atom stereocenters. The number of aliphatic carboxylic acids is 1. The average Bonchev–Trinajstić information content (AvgIpc) is 3.59. The highest BCUT2D eigenvalue weighted by Gasteiger charge is 2.19. The van der Waals surface area contributed by atoms with Crippen LogP contribution in [0.3, 0.4) is 0 Å². The SMILES string of the molecule is CCc1cc(-c2noc(-c3cc(C)nc(N4CCOCC4)c3)n2)cc(C)c1CCC(=O)O.Cc1cc(C(=O)O)cc(N2CCOCC2)n1. The monoisotopic (exact) mass is 658 g/mol. The number of carboxylic acids is 2. The van der Waals surface area contributed by atoms with Gasteiger partial charge in [0, 0.05) is 55.1 Å². The Morgan fingerprint density at radius 1 is 0.771 bits per heavy atom. The predicted octanol–water partition coefficient (Wildman–Crippen LogP) is 4.76. The summed E-state index contributed by atoms with van der Waals surface area (Å²) in [4.78, 5) is 39.8. The second-order valence-electron chi connectivity index (χ2n) is 11.8. The number of carboxylic acid groups (broad SMARTS) is 2. The predicted molar refractivity (Wildman–Crippen MR) is 180 cm³/mol. The van der Waals surface area contributed by atoms with Crippen molar-refractivity contribution in [2.24, 2.45) is 0 Å². The lowest BCUT2D eigenvalue weighted by atomic mass is 9.93. The third-order valence-corrected chi connectivity index (χ3v) is 8.26. The van der Waals surface area contributed by atoms with Gasteiger partial charge in [-0.15, -0.1) is 0 Å². The number of ether oxygens (including phenoxy) is 2. The van der Waals surface area contributed by atoms with Crippen LogP contribution in [0.4, 0.5) is 11.6 Å². The van der Waals surface area contributed by atoms with Crippen LogP contribution >= 0.6 is 0 Å². The van der Waals surface area contributed by atoms with E-state index in [1.165, 1.54) is 0 Å². The molecule has 2 N–H and O–H groups in total. The Balaban J connectivity index is 0.000000236. The lowest BCUT2D eigenvalue weighted by Crippen LogP contribution is -2.37. The number of rotatable bonds is 9. The van der Waals surface area contributed by atoms with Gasteiger partial charge in [0.05, 0.1) is 32.0 Å². The quantitative estimate of drug-likeness (QED) is 0.253. The van der Waals surface area contributed by atoms with Crippen molar-refractivity contribution in [2.75, 3.05) is 62.4 Å². The van der Waals surface area contributed by atoms with E-state index >= 15 is 0 Å². The molecule has 0 bridgehead atoms. The molecule has 2 aliphatic rings. The van der Waals surface area contributed by atoms with E-state index in [2.05, 4.69) is 31.9 Å². The number of aromatic nitrogens is 4. The molecule has 0 amide bonds. The van der Waals surface area contributed by atoms with Crippen molar-refractivity contribution in [3.63, 3.8) is 0 Å². The molecule has 13 nitrogen and oxygen atoms in total. The van der Waals surface area contributed by atoms with Crippen molar-refractivity contribution in [1.82, 2.24) is 20.1 Å². The number of nitrogens with zero attached hydrogens (tertiary/aromatic N) is 6. The van der Waals surface area contributed by atoms with Crippen molar-refractivity contribution in [1.29, 1.82) is 0 Å². The number of hydrogen-bond donors (Lipinski definition) is 2. The van der Waals surface area contributed by atoms with E-state index in [0.29, 0.717) is 44.6 Å². The van der Waals surface area contributed by atoms with Crippen LogP contribution in [-0.4, -0.2) is 94.9 Å². The fourth-order valence-electron chi connectivity index (χ4n) is 5.84. The summed E-state index contributed by atoms with van der Waals surface area (Å²) in [6.07, 6.45) is 1.44. The van der Waals surface area contributed by atoms with Crippen LogP contribution in [-0.2, 0) is 27.1 Å². The third kappa shape index (κ3) is 8.72. The van der Waals surface area contributed by atoms with Crippen molar-refractivity contribution in [3.05, 3.63) is 70.0 Å². The van der Waals surface area contributed by atoms with Gasteiger partial charge in [-0.25, -0.2) is 14.8 Å². The van der Waals surface area contributed by atoms with Crippen molar-refractivity contribution < 1.29 is 33.8 Å². The van der Waals surface area contributed by atoms with E-state index in [0.717, 1.165) is 83.4 Å². The number of morpholine rings is 2. The standard InChI is InChI=1S/C24H28N4O4.C11H14N2O3/c1-4-17-13-18(11-15(2)20(17)5-6-22(29)30)23-26-24(32-27-23)19-12-16(3)25-21(14-19)28-7-9-31-10-8-28;1-8-6-9(11(14)15)7-10(12-8)13-2-4-16-5-3-13/h11-14H,4-10H2,1-3H3,(H,29,30);6-7H,2-5H2,1H3,(H,14,15). The Morgan fingerprint density at radius 2 is 1.38 bits per heavy atom. The summed E-state index contributed by atoms with van der Waals surface area (Å²) in [5.74, 6) is 0.869. The number of pyridine rings is 2. The molecule has 5 heterocycles. The van der Waals surface area contributed by atoms with E-state index in [9.17, 15) is 9.59 Å². The van der Waals surface area contributed by atoms with E-state index in [1.54, 1.807) is 19.1 Å². The molecule has 0 unspecified atom stereocenters. The lowest BCUT2D eigenvalue weighted by molar-refractivity contribution is -0.136. The van der Waals surface area contributed by atoms with Crippen LogP contribution in [0, 0.1) is 20.8 Å². The van der Waals surface area contributed by atoms with E-state index in [4.69, 9.17) is 24.2 Å². The van der Waals surface area contributed by atoms with E-state index < -0.39 is 11.9 Å². The molecule has 13 heteroatoms. The number of benzene rings is 1. The van der Waals surface area contributed by atoms with Gasteiger partial charge in [0.2, 0.25) is 5.82 Å². The van der Waals surface area contributed by atoms with Crippen LogP contribution in [0.25, 0.3) is 22.8 Å². The molecular formula is C35H42N6O7. The number of carbonyl (C=O) groups is 2. The molecule has 6 rings (SSSR count). The zero-order valence-corrected chi connectivity index (χ0v) is 27.9. The first-order valence-corrected chi connectivity index (χ1v) is 16.2. The van der Waals surface area contributed by atoms with Crippen LogP contribution in [0.5, 0.6) is 0 Å². The van der Waals surface area contributed by atoms with Gasteiger partial charge in [-0.2, -0.15) is 4.98 Å². The largest absolute Gasteiger partial charge is 0.481 e. The third-order valence-electron chi connectivity index (χ3n) is 8.26. The number of anilines is 2. The average molecular weight is 659 g/mol. The van der Waals surface area contributed by atoms with Gasteiger partial charge in [-0.3, -0.25) is 4.79 Å². The maximum absolute atomic E-state index is 11.0. The van der Waals surface area contributed by atoms with Crippen LogP contribution in [0.15, 0.2) is 40.9 Å². The summed E-state index contributed by atoms with van der Waals surface area (Å²) in [5.41, 5.74) is 6.84. The first-order chi connectivity index (χ1) is 23.1. The van der Waals surface area contributed by atoms with Crippen molar-refractivity contribution in [2.45, 2.75) is 47.0 Å². The highest BCUT2D eigenvalue weighted by molar-refractivity contribution is 5.88. The second-order valence-corrected chi connectivity index (χ2v) is 11.8. The van der Waals surface area contributed by atoms with Gasteiger partial charge >= 0.3 is 11.9 Å². The Labute approximate surface area is 279 Å². The Bertz CT molecular complexity index is 1750. The normalized spacial score (nSPS) is 14.8. The highest BCUT2D eigenvalue weighted by Crippen LogP contribution is 2.29. The molecule has 0 radical (unpaired) electrons. The summed E-state index contributed by atoms with van der Waals surface area (Å²) in [7, 11) is 0. The molecular weight excluding hydrogens is 616 g/mol. The van der Waals surface area contributed by atoms with Crippen LogP contribution in [0.2, 0.25) is 0 Å². The number of aromatic carboxylic acids is 1. The molecule has 0 saturated carbocycles. The lowest BCUT2D eigenvalue weighted by Gasteiger charge is -2.28. The van der Waals surface area contributed by atoms with Crippen LogP contribution < -0.4 is 9.80 Å². The molecule has 254 valence electrons. The molecule has 3 aromatic heterocycles. The molecule has 4 aromatic rings. The molecule has 0 aliphatic carbocycles. The minimum Gasteiger partial charge on any atom is -0.481 e. The minimum absolute atomic E-state index is 0.117. The summed E-state index contributed by atoms with van der Waals surface area (Å²) in [6, 6.07) is 11.1. The molecule has 48 heavy (non-hydrogen) atoms. The molecule has 2 fully saturated rings. The van der Waals surface area contributed by atoms with Crippen molar-refractivity contribution in [3.8, 4) is 22.8 Å². The number of aryl methyl sites for hydroxylation is 4. The van der Waals surface area contributed by atoms with Gasteiger partial charge in [0.1, 0.15) is 11.6 Å². The van der Waals surface area contributed by atoms with Crippen molar-refractivity contribution >= 4 is 23.6 Å². The Hall–Kier alpha value is -4.88. The maximum atomic E-state index is 11.0. The summed E-state index contributed by atoms with van der Waals surface area (Å²) >= 11 is 0. The first-order valence-electron chi connectivity index (χ1n) is 16.2. The molecule has 2 saturated heterocycles. The highest BCUT2D eigenvalue weighted by atomic mass is 16.5. The Morgan fingerprint density at radius 3 is 1.96 bits per heavy atom. The summed E-state index contributed by atoms with van der Waals surface area (Å²) in [6.45, 7) is 13.7. The topological polar surface area (TPSA) is 164 Å². The summed E-state index contributed by atoms with van der Waals surface area (Å²) in [5, 5.41) is 22.2. The fraction of sp³-hybridized carbons (Fsp3) is 0.429. The van der Waals surface area contributed by atoms with Gasteiger partial charge < -0.3 is 34.0 Å². The van der Waals surface area contributed by atoms with Crippen LogP contribution in [0.1, 0.15) is 51.8 Å². The number of hydrogen-bond acceptors (Lipinski definition) is 11. The fourth-order valence-corrected chi connectivity index (χ4v) is 5.84. The second kappa shape index (κ2) is 15.8. The first kappa shape index (κ1) is 34.5.